The van der Waals surface area contributed by atoms with Crippen molar-refractivity contribution in [3.63, 3.8) is 0 Å². The van der Waals surface area contributed by atoms with Gasteiger partial charge in [-0.1, -0.05) is 40.2 Å². The van der Waals surface area contributed by atoms with Crippen molar-refractivity contribution in [1.82, 2.24) is 4.90 Å². The zero-order valence-corrected chi connectivity index (χ0v) is 17.6. The first-order valence-electron chi connectivity index (χ1n) is 11.3. The summed E-state index contributed by atoms with van der Waals surface area (Å²) in [5.41, 5.74) is 0.773. The van der Waals surface area contributed by atoms with E-state index in [1.165, 1.54) is 51.4 Å². The molecule has 0 aromatic rings. The lowest BCUT2D eigenvalue weighted by Crippen LogP contribution is -2.59. The monoisotopic (exact) mass is 357 g/mol. The second-order valence-corrected chi connectivity index (χ2v) is 10.7. The van der Waals surface area contributed by atoms with Crippen molar-refractivity contribution in [1.29, 1.82) is 0 Å². The Morgan fingerprint density at radius 1 is 1.15 bits per heavy atom. The summed E-state index contributed by atoms with van der Waals surface area (Å²) in [6.45, 7) is 9.91. The van der Waals surface area contributed by atoms with Crippen LogP contribution >= 0.6 is 0 Å². The lowest BCUT2D eigenvalue weighted by molar-refractivity contribution is -0.139. The number of hydrogen-bond acceptors (Lipinski definition) is 1. The first kappa shape index (κ1) is 18.6. The van der Waals surface area contributed by atoms with Crippen molar-refractivity contribution in [2.75, 3.05) is 7.05 Å². The third-order valence-electron chi connectivity index (χ3n) is 9.71. The smallest absolute Gasteiger partial charge is 0.246 e. The van der Waals surface area contributed by atoms with Gasteiger partial charge in [-0.05, 0) is 86.0 Å². The van der Waals surface area contributed by atoms with Gasteiger partial charge in [-0.25, -0.2) is 0 Å². The van der Waals surface area contributed by atoms with Crippen LogP contribution in [0.1, 0.15) is 79.1 Å². The maximum Gasteiger partial charge on any atom is 0.246 e. The van der Waals surface area contributed by atoms with Gasteiger partial charge >= 0.3 is 0 Å². The molecule has 1 aliphatic heterocycles. The highest BCUT2D eigenvalue weighted by molar-refractivity contribution is 5.89. The molecule has 2 heteroatoms. The van der Waals surface area contributed by atoms with E-state index in [0.717, 1.165) is 29.6 Å². The maximum atomic E-state index is 12.2. The maximum absolute atomic E-state index is 12.2. The van der Waals surface area contributed by atoms with Crippen LogP contribution in [0.4, 0.5) is 0 Å². The van der Waals surface area contributed by atoms with Crippen molar-refractivity contribution in [2.24, 2.45) is 40.4 Å². The van der Waals surface area contributed by atoms with Crippen molar-refractivity contribution in [3.05, 3.63) is 12.2 Å². The van der Waals surface area contributed by atoms with Crippen LogP contribution in [-0.4, -0.2) is 23.9 Å². The lowest BCUT2D eigenvalue weighted by atomic mass is 9.47. The average molecular weight is 358 g/mol. The molecule has 1 unspecified atom stereocenters. The molecule has 0 aromatic heterocycles. The number of rotatable bonds is 3. The number of likely N-dealkylation sites (N-methyl/N-ethyl adjacent to an activating group) is 1. The predicted molar refractivity (Wildman–Crippen MR) is 108 cm³/mol. The van der Waals surface area contributed by atoms with Crippen LogP contribution in [0.5, 0.6) is 0 Å². The third-order valence-corrected chi connectivity index (χ3v) is 9.71. The Balaban J connectivity index is 1.59. The van der Waals surface area contributed by atoms with Gasteiger partial charge in [0.1, 0.15) is 0 Å². The summed E-state index contributed by atoms with van der Waals surface area (Å²) in [4.78, 5) is 14.2. The van der Waals surface area contributed by atoms with E-state index < -0.39 is 0 Å². The Hall–Kier alpha value is -0.790. The Bertz CT molecular complexity index is 597. The molecule has 0 aromatic carbocycles. The summed E-state index contributed by atoms with van der Waals surface area (Å²) in [6.07, 6.45) is 15.2. The summed E-state index contributed by atoms with van der Waals surface area (Å²) in [5, 5.41) is 0. The van der Waals surface area contributed by atoms with Crippen molar-refractivity contribution >= 4 is 5.91 Å². The average Bonchev–Trinajstić information content (AvgIpc) is 2.95. The minimum atomic E-state index is 0.196. The number of nitrogens with zero attached hydrogens (tertiary/aromatic N) is 1. The molecule has 4 aliphatic rings. The van der Waals surface area contributed by atoms with E-state index in [-0.39, 0.29) is 11.3 Å². The normalized spacial score (nSPS) is 48.7. The highest BCUT2D eigenvalue weighted by atomic mass is 16.2. The van der Waals surface area contributed by atoms with E-state index in [4.69, 9.17) is 0 Å². The molecule has 4 rings (SSSR count). The third kappa shape index (κ3) is 2.53. The molecule has 3 saturated carbocycles. The molecule has 8 atom stereocenters. The molecule has 0 saturated heterocycles. The van der Waals surface area contributed by atoms with E-state index >= 15 is 0 Å². The van der Waals surface area contributed by atoms with E-state index in [2.05, 4.69) is 33.8 Å². The molecule has 3 aliphatic carbocycles. The van der Waals surface area contributed by atoms with Crippen molar-refractivity contribution in [3.8, 4) is 0 Å². The van der Waals surface area contributed by atoms with Crippen LogP contribution < -0.4 is 0 Å². The first-order chi connectivity index (χ1) is 12.3. The Labute approximate surface area is 160 Å². The zero-order chi connectivity index (χ0) is 18.7. The fraction of sp³-hybridized carbons (Fsp3) is 0.875. The Morgan fingerprint density at radius 3 is 2.65 bits per heavy atom. The van der Waals surface area contributed by atoms with Gasteiger partial charge in [0.15, 0.2) is 0 Å². The summed E-state index contributed by atoms with van der Waals surface area (Å²) in [6, 6.07) is 0.419. The summed E-state index contributed by atoms with van der Waals surface area (Å²) in [5.74, 6) is 4.60. The topological polar surface area (TPSA) is 20.3 Å². The van der Waals surface area contributed by atoms with Gasteiger partial charge in [-0.3, -0.25) is 4.79 Å². The molecule has 0 bridgehead atoms. The van der Waals surface area contributed by atoms with Gasteiger partial charge in [0.05, 0.1) is 0 Å². The second kappa shape index (κ2) is 6.38. The number of carbonyl (C=O) groups is 1. The Kier molecular flexibility index (Phi) is 4.56. The van der Waals surface area contributed by atoms with Gasteiger partial charge in [-0.15, -0.1) is 0 Å². The van der Waals surface area contributed by atoms with Gasteiger partial charge < -0.3 is 4.90 Å². The molecule has 2 nitrogen and oxygen atoms in total. The van der Waals surface area contributed by atoms with E-state index in [0.29, 0.717) is 11.5 Å². The quantitative estimate of drug-likeness (QED) is 0.636. The standard InChI is InChI=1S/C24H39NO/c1-6-16(2)15-17-7-9-19-18-8-10-21-24(4,14-12-22(26)25(21)5)20(18)11-13-23(17,19)3/h12,14,16-21H,6-11,13,15H2,1-5H3/t16?,17-,18+,19+,20+,21-,23-,24-/m1/s1. The number of fused-ring (bicyclic) bond motifs is 5. The molecule has 26 heavy (non-hydrogen) atoms. The zero-order valence-electron chi connectivity index (χ0n) is 17.6. The highest BCUT2D eigenvalue weighted by Gasteiger charge is 2.60. The molecular weight excluding hydrogens is 318 g/mol. The van der Waals surface area contributed by atoms with Crippen LogP contribution in [0.25, 0.3) is 0 Å². The van der Waals surface area contributed by atoms with E-state index in [9.17, 15) is 4.79 Å². The minimum absolute atomic E-state index is 0.196. The molecule has 0 radical (unpaired) electrons. The van der Waals surface area contributed by atoms with Gasteiger partial charge in [0.2, 0.25) is 5.91 Å². The molecule has 1 heterocycles. The van der Waals surface area contributed by atoms with Gasteiger partial charge in [-0.2, -0.15) is 0 Å². The lowest BCUT2D eigenvalue weighted by Gasteiger charge is -2.60. The number of amides is 1. The van der Waals surface area contributed by atoms with E-state index in [1.54, 1.807) is 0 Å². The SMILES string of the molecule is CCC(C)C[C@H]1CC[C@H]2[C@@H]3CC[C@H]4N(C)C(=O)C=C[C@]4(C)[C@H]3CC[C@]12C. The summed E-state index contributed by atoms with van der Waals surface area (Å²) in [7, 11) is 2.03. The number of hydrogen-bond donors (Lipinski definition) is 0. The van der Waals surface area contributed by atoms with Crippen LogP contribution in [0, 0.1) is 40.4 Å². The van der Waals surface area contributed by atoms with Crippen LogP contribution in [0.2, 0.25) is 0 Å². The molecule has 3 fully saturated rings. The largest absolute Gasteiger partial charge is 0.338 e. The van der Waals surface area contributed by atoms with Crippen molar-refractivity contribution in [2.45, 2.75) is 85.1 Å². The van der Waals surface area contributed by atoms with Gasteiger partial charge in [0.25, 0.3) is 0 Å². The van der Waals surface area contributed by atoms with Crippen LogP contribution in [0.15, 0.2) is 12.2 Å². The number of carbonyl (C=O) groups excluding carboxylic acids is 1. The Morgan fingerprint density at radius 2 is 1.92 bits per heavy atom. The second-order valence-electron chi connectivity index (χ2n) is 10.7. The van der Waals surface area contributed by atoms with Crippen LogP contribution in [0.3, 0.4) is 0 Å². The first-order valence-corrected chi connectivity index (χ1v) is 11.3. The van der Waals surface area contributed by atoms with Crippen LogP contribution in [-0.2, 0) is 4.79 Å². The van der Waals surface area contributed by atoms with Gasteiger partial charge in [0, 0.05) is 18.5 Å². The molecule has 0 spiro atoms. The molecular formula is C24H39NO. The molecule has 1 amide bonds. The summed E-state index contributed by atoms with van der Waals surface area (Å²) >= 11 is 0. The molecule has 0 N–H and O–H groups in total. The predicted octanol–water partition coefficient (Wildman–Crippen LogP) is 5.68. The molecule has 146 valence electrons. The van der Waals surface area contributed by atoms with E-state index in [1.807, 2.05) is 18.0 Å². The fourth-order valence-corrected chi connectivity index (χ4v) is 7.89. The highest BCUT2D eigenvalue weighted by Crippen LogP contribution is 2.66. The fourth-order valence-electron chi connectivity index (χ4n) is 7.89. The van der Waals surface area contributed by atoms with Crippen molar-refractivity contribution < 1.29 is 4.79 Å². The minimum Gasteiger partial charge on any atom is -0.338 e. The summed E-state index contributed by atoms with van der Waals surface area (Å²) < 4.78 is 0.